The molecule has 1 rings (SSSR count). The maximum absolute atomic E-state index is 11.6. The topological polar surface area (TPSA) is 82.5 Å². The number of rotatable bonds is 6. The lowest BCUT2D eigenvalue weighted by molar-refractivity contribution is -0.137. The second-order valence-electron chi connectivity index (χ2n) is 3.71. The van der Waals surface area contributed by atoms with E-state index in [2.05, 4.69) is 10.3 Å². The Bertz CT molecular complexity index is 395. The summed E-state index contributed by atoms with van der Waals surface area (Å²) in [5.74, 6) is -1.02. The Kier molecular flexibility index (Phi) is 5.63. The van der Waals surface area contributed by atoms with Crippen molar-refractivity contribution in [3.8, 4) is 0 Å². The highest BCUT2D eigenvalue weighted by Crippen LogP contribution is 1.94. The van der Waals surface area contributed by atoms with Gasteiger partial charge in [0.1, 0.15) is 6.54 Å². The average molecular weight is 251 g/mol. The summed E-state index contributed by atoms with van der Waals surface area (Å²) in [7, 11) is 0. The first-order chi connectivity index (χ1) is 8.63. The Morgan fingerprint density at radius 3 is 2.78 bits per heavy atom. The fourth-order valence-electron chi connectivity index (χ4n) is 1.45. The molecule has 0 atom stereocenters. The van der Waals surface area contributed by atoms with Crippen LogP contribution >= 0.6 is 0 Å². The van der Waals surface area contributed by atoms with Crippen LogP contribution in [0.5, 0.6) is 0 Å². The van der Waals surface area contributed by atoms with Crippen LogP contribution in [-0.4, -0.2) is 46.6 Å². The number of nitrogens with one attached hydrogen (secondary N) is 1. The van der Waals surface area contributed by atoms with E-state index in [9.17, 15) is 9.59 Å². The summed E-state index contributed by atoms with van der Waals surface area (Å²) in [6.45, 7) is 2.25. The molecule has 2 amide bonds. The first-order valence-electron chi connectivity index (χ1n) is 5.78. The van der Waals surface area contributed by atoms with Crippen LogP contribution in [0.2, 0.25) is 0 Å². The predicted molar refractivity (Wildman–Crippen MR) is 66.2 cm³/mol. The molecule has 0 bridgehead atoms. The average Bonchev–Trinajstić information content (AvgIpc) is 2.36. The van der Waals surface area contributed by atoms with E-state index in [0.29, 0.717) is 19.5 Å². The Balaban J connectivity index is 2.34. The fourth-order valence-corrected chi connectivity index (χ4v) is 1.45. The van der Waals surface area contributed by atoms with E-state index in [-0.39, 0.29) is 12.6 Å². The number of carbonyl (C=O) groups excluding carboxylic acids is 1. The molecule has 0 aromatic carbocycles. The molecule has 0 unspecified atom stereocenters. The molecule has 0 saturated carbocycles. The smallest absolute Gasteiger partial charge is 0.323 e. The van der Waals surface area contributed by atoms with Gasteiger partial charge in [-0.05, 0) is 19.1 Å². The summed E-state index contributed by atoms with van der Waals surface area (Å²) in [6, 6.07) is 5.22. The van der Waals surface area contributed by atoms with Gasteiger partial charge >= 0.3 is 12.0 Å². The van der Waals surface area contributed by atoms with Crippen molar-refractivity contribution in [3.63, 3.8) is 0 Å². The van der Waals surface area contributed by atoms with Gasteiger partial charge in [-0.2, -0.15) is 0 Å². The van der Waals surface area contributed by atoms with Gasteiger partial charge in [0.05, 0.1) is 0 Å². The van der Waals surface area contributed by atoms with Crippen LogP contribution in [-0.2, 0) is 11.2 Å². The van der Waals surface area contributed by atoms with Crippen LogP contribution in [0.1, 0.15) is 12.6 Å². The highest BCUT2D eigenvalue weighted by molar-refractivity contribution is 5.79. The number of nitrogens with zero attached hydrogens (tertiary/aromatic N) is 2. The molecular weight excluding hydrogens is 234 g/mol. The number of urea groups is 1. The van der Waals surface area contributed by atoms with E-state index < -0.39 is 5.97 Å². The van der Waals surface area contributed by atoms with Crippen molar-refractivity contribution in [1.29, 1.82) is 0 Å². The zero-order valence-corrected chi connectivity index (χ0v) is 10.3. The van der Waals surface area contributed by atoms with Gasteiger partial charge in [-0.3, -0.25) is 9.78 Å². The lowest BCUT2D eigenvalue weighted by Crippen LogP contribution is -2.43. The number of pyridine rings is 1. The minimum absolute atomic E-state index is 0.286. The second kappa shape index (κ2) is 7.26. The zero-order valence-electron chi connectivity index (χ0n) is 10.3. The number of hydrogen-bond acceptors (Lipinski definition) is 3. The highest BCUT2D eigenvalue weighted by atomic mass is 16.4. The van der Waals surface area contributed by atoms with E-state index in [4.69, 9.17) is 5.11 Å². The van der Waals surface area contributed by atoms with Gasteiger partial charge < -0.3 is 15.3 Å². The van der Waals surface area contributed by atoms with Crippen LogP contribution in [0.15, 0.2) is 24.4 Å². The maximum Gasteiger partial charge on any atom is 0.323 e. The minimum Gasteiger partial charge on any atom is -0.480 e. The molecule has 0 aliphatic carbocycles. The normalized spacial score (nSPS) is 9.83. The lowest BCUT2D eigenvalue weighted by Gasteiger charge is -2.18. The van der Waals surface area contributed by atoms with Crippen molar-refractivity contribution >= 4 is 12.0 Å². The molecule has 98 valence electrons. The third-order valence-corrected chi connectivity index (χ3v) is 2.38. The van der Waals surface area contributed by atoms with Crippen molar-refractivity contribution in [2.24, 2.45) is 0 Å². The summed E-state index contributed by atoms with van der Waals surface area (Å²) >= 11 is 0. The molecule has 0 aliphatic rings. The monoisotopic (exact) mass is 251 g/mol. The number of hydrogen-bond donors (Lipinski definition) is 2. The van der Waals surface area contributed by atoms with Crippen LogP contribution in [0.3, 0.4) is 0 Å². The molecule has 1 aromatic rings. The molecule has 18 heavy (non-hydrogen) atoms. The van der Waals surface area contributed by atoms with Crippen molar-refractivity contribution in [1.82, 2.24) is 15.2 Å². The van der Waals surface area contributed by atoms with E-state index in [1.54, 1.807) is 13.1 Å². The summed E-state index contributed by atoms with van der Waals surface area (Å²) in [5, 5.41) is 11.3. The first kappa shape index (κ1) is 14.0. The maximum atomic E-state index is 11.6. The van der Waals surface area contributed by atoms with Gasteiger partial charge in [0.15, 0.2) is 0 Å². The molecule has 0 saturated heterocycles. The van der Waals surface area contributed by atoms with Crippen molar-refractivity contribution < 1.29 is 14.7 Å². The first-order valence-corrected chi connectivity index (χ1v) is 5.78. The number of aromatic nitrogens is 1. The number of aliphatic carboxylic acids is 1. The van der Waals surface area contributed by atoms with Crippen LogP contribution in [0.4, 0.5) is 4.79 Å². The predicted octanol–water partition coefficient (Wildman–Crippen LogP) is 0.740. The molecule has 0 fully saturated rings. The summed E-state index contributed by atoms with van der Waals surface area (Å²) in [4.78, 5) is 27.5. The standard InChI is InChI=1S/C12H17N3O3/c1-2-15(9-11(16)17)12(18)14-8-6-10-5-3-4-7-13-10/h3-5,7H,2,6,8-9H2,1H3,(H,14,18)(H,16,17). The Labute approximate surface area is 106 Å². The second-order valence-corrected chi connectivity index (χ2v) is 3.71. The fraction of sp³-hybridized carbons (Fsp3) is 0.417. The molecule has 2 N–H and O–H groups in total. The van der Waals surface area contributed by atoms with E-state index in [1.807, 2.05) is 18.2 Å². The number of carboxylic acids is 1. The molecule has 1 heterocycles. The number of likely N-dealkylation sites (N-methyl/N-ethyl adjacent to an activating group) is 1. The third-order valence-electron chi connectivity index (χ3n) is 2.38. The lowest BCUT2D eigenvalue weighted by atomic mass is 10.3. The SMILES string of the molecule is CCN(CC(=O)O)C(=O)NCCc1ccccn1. The Morgan fingerprint density at radius 1 is 1.44 bits per heavy atom. The van der Waals surface area contributed by atoms with Gasteiger partial charge in [0.2, 0.25) is 0 Å². The van der Waals surface area contributed by atoms with Gasteiger partial charge in [-0.1, -0.05) is 6.07 Å². The van der Waals surface area contributed by atoms with Gasteiger partial charge in [0.25, 0.3) is 0 Å². The van der Waals surface area contributed by atoms with Crippen LogP contribution in [0.25, 0.3) is 0 Å². The van der Waals surface area contributed by atoms with Crippen LogP contribution in [0, 0.1) is 0 Å². The van der Waals surface area contributed by atoms with Crippen molar-refractivity contribution in [3.05, 3.63) is 30.1 Å². The van der Waals surface area contributed by atoms with E-state index >= 15 is 0 Å². The minimum atomic E-state index is -1.02. The van der Waals surface area contributed by atoms with Gasteiger partial charge in [-0.15, -0.1) is 0 Å². The van der Waals surface area contributed by atoms with E-state index in [0.717, 1.165) is 5.69 Å². The molecule has 6 nitrogen and oxygen atoms in total. The molecule has 0 spiro atoms. The Morgan fingerprint density at radius 2 is 2.22 bits per heavy atom. The van der Waals surface area contributed by atoms with Crippen LogP contribution < -0.4 is 5.32 Å². The van der Waals surface area contributed by atoms with Gasteiger partial charge in [0, 0.05) is 31.4 Å². The molecule has 6 heteroatoms. The van der Waals surface area contributed by atoms with E-state index in [1.165, 1.54) is 4.90 Å². The number of carboxylic acid groups (broad SMARTS) is 1. The molecular formula is C12H17N3O3. The molecule has 0 radical (unpaired) electrons. The largest absolute Gasteiger partial charge is 0.480 e. The number of amides is 2. The third kappa shape index (κ3) is 4.82. The molecule has 0 aliphatic heterocycles. The van der Waals surface area contributed by atoms with Crippen molar-refractivity contribution in [2.75, 3.05) is 19.6 Å². The summed E-state index contributed by atoms with van der Waals surface area (Å²) in [6.07, 6.45) is 2.32. The summed E-state index contributed by atoms with van der Waals surface area (Å²) in [5.41, 5.74) is 0.888. The Hall–Kier alpha value is -2.11. The van der Waals surface area contributed by atoms with Gasteiger partial charge in [-0.25, -0.2) is 4.79 Å². The molecule has 1 aromatic heterocycles. The summed E-state index contributed by atoms with van der Waals surface area (Å²) < 4.78 is 0. The quantitative estimate of drug-likeness (QED) is 0.781. The zero-order chi connectivity index (χ0) is 13.4. The highest BCUT2D eigenvalue weighted by Gasteiger charge is 2.13. The number of carbonyl (C=O) groups is 2. The van der Waals surface area contributed by atoms with Crippen molar-refractivity contribution in [2.45, 2.75) is 13.3 Å².